The van der Waals surface area contributed by atoms with Crippen LogP contribution in [0.25, 0.3) is 16.7 Å². The van der Waals surface area contributed by atoms with Gasteiger partial charge < -0.3 is 9.13 Å². The highest BCUT2D eigenvalue weighted by Crippen LogP contribution is 2.30. The molecule has 0 unspecified atom stereocenters. The maximum absolute atomic E-state index is 11.7. The largest absolute Gasteiger partial charge is 0.328 e. The molecule has 8 heteroatoms. The highest BCUT2D eigenvalue weighted by atomic mass is 16.2. The van der Waals surface area contributed by atoms with Crippen LogP contribution in [0.15, 0.2) is 85.6 Å². The molecule has 3 aromatic heterocycles. The van der Waals surface area contributed by atoms with Crippen LogP contribution in [-0.4, -0.2) is 43.0 Å². The fraction of sp³-hybridized carbons (Fsp3) is 0.258. The zero-order valence-electron chi connectivity index (χ0n) is 22.1. The molecule has 5 aromatic rings. The molecule has 1 fully saturated rings. The summed E-state index contributed by atoms with van der Waals surface area (Å²) in [4.78, 5) is 23.4. The molecular weight excluding hydrogens is 486 g/mol. The lowest BCUT2D eigenvalue weighted by Crippen LogP contribution is -2.32. The summed E-state index contributed by atoms with van der Waals surface area (Å²) in [5.41, 5.74) is 9.64. The number of nitrogens with two attached hydrogens (primary N) is 1. The number of nitrogen functional groups attached to an aromatic ring is 1. The van der Waals surface area contributed by atoms with E-state index in [1.54, 1.807) is 12.1 Å². The number of pyridine rings is 1. The van der Waals surface area contributed by atoms with Gasteiger partial charge in [0.25, 0.3) is 5.91 Å². The molecule has 4 heterocycles. The number of amides is 1. The van der Waals surface area contributed by atoms with E-state index < -0.39 is 0 Å². The van der Waals surface area contributed by atoms with E-state index in [4.69, 9.17) is 10.8 Å². The number of likely N-dealkylation sites (tertiary alicyclic amines) is 1. The number of benzene rings is 2. The van der Waals surface area contributed by atoms with Gasteiger partial charge in [-0.15, -0.1) is 0 Å². The summed E-state index contributed by atoms with van der Waals surface area (Å²) in [5, 5.41) is 1.17. The highest BCUT2D eigenvalue weighted by Gasteiger charge is 2.21. The number of aryl methyl sites for hydroxylation is 1. The van der Waals surface area contributed by atoms with Crippen LogP contribution in [0.2, 0.25) is 0 Å². The Morgan fingerprint density at radius 1 is 0.974 bits per heavy atom. The number of piperidine rings is 1. The van der Waals surface area contributed by atoms with Gasteiger partial charge in [0, 0.05) is 48.3 Å². The van der Waals surface area contributed by atoms with E-state index in [9.17, 15) is 4.79 Å². The van der Waals surface area contributed by atoms with Gasteiger partial charge in [-0.3, -0.25) is 15.1 Å². The standard InChI is InChI=1S/C31H33N7O/c1-22-18-38(21-34-22)29-8-4-23(5-9-29)19-36-13-10-25(11-14-36)28-16-27-12-15-37(30(27)33-17-28)20-24-2-6-26(7-3-24)31(39)35-32/h2-9,12,15-18,21,25H,10-11,13-14,19-20,32H2,1H3,(H,35,39). The molecule has 0 saturated carbocycles. The number of imidazole rings is 1. The maximum Gasteiger partial charge on any atom is 0.265 e. The molecule has 1 saturated heterocycles. The number of carbonyl (C=O) groups excluding carboxylic acids is 1. The van der Waals surface area contributed by atoms with E-state index in [2.05, 4.69) is 73.2 Å². The van der Waals surface area contributed by atoms with Crippen molar-refractivity contribution in [3.05, 3.63) is 114 Å². The first kappa shape index (κ1) is 25.0. The van der Waals surface area contributed by atoms with Crippen molar-refractivity contribution in [3.8, 4) is 5.69 Å². The van der Waals surface area contributed by atoms with E-state index in [0.717, 1.165) is 55.1 Å². The van der Waals surface area contributed by atoms with Crippen LogP contribution in [0.3, 0.4) is 0 Å². The molecule has 1 amide bonds. The summed E-state index contributed by atoms with van der Waals surface area (Å²) in [6.45, 7) is 5.86. The van der Waals surface area contributed by atoms with Crippen molar-refractivity contribution < 1.29 is 4.79 Å². The number of hydrogen-bond donors (Lipinski definition) is 2. The molecular formula is C31H33N7O. The molecule has 3 N–H and O–H groups in total. The smallest absolute Gasteiger partial charge is 0.265 e. The Morgan fingerprint density at radius 3 is 2.38 bits per heavy atom. The average Bonchev–Trinajstić information content (AvgIpc) is 3.59. The Bertz CT molecular complexity index is 1580. The van der Waals surface area contributed by atoms with E-state index >= 15 is 0 Å². The van der Waals surface area contributed by atoms with Gasteiger partial charge in [0.1, 0.15) is 5.65 Å². The van der Waals surface area contributed by atoms with Crippen LogP contribution in [0, 0.1) is 6.92 Å². The van der Waals surface area contributed by atoms with Gasteiger partial charge in [-0.05, 0) is 91.9 Å². The van der Waals surface area contributed by atoms with Crippen molar-refractivity contribution in [1.82, 2.24) is 29.4 Å². The second-order valence-electron chi connectivity index (χ2n) is 10.4. The Hall–Kier alpha value is -4.27. The van der Waals surface area contributed by atoms with Crippen LogP contribution in [0.1, 0.15) is 51.5 Å². The van der Waals surface area contributed by atoms with Gasteiger partial charge in [-0.2, -0.15) is 0 Å². The zero-order valence-corrected chi connectivity index (χ0v) is 22.1. The summed E-state index contributed by atoms with van der Waals surface area (Å²) in [6, 6.07) is 20.7. The number of rotatable bonds is 7. The number of aromatic nitrogens is 4. The van der Waals surface area contributed by atoms with Crippen molar-refractivity contribution in [2.24, 2.45) is 5.84 Å². The number of nitrogens with one attached hydrogen (secondary N) is 1. The van der Waals surface area contributed by atoms with Gasteiger partial charge in [0.2, 0.25) is 0 Å². The first-order valence-electron chi connectivity index (χ1n) is 13.4. The minimum absolute atomic E-state index is 0.289. The maximum atomic E-state index is 11.7. The lowest BCUT2D eigenvalue weighted by atomic mass is 9.90. The second kappa shape index (κ2) is 10.8. The molecule has 0 radical (unpaired) electrons. The Labute approximate surface area is 228 Å². The molecule has 39 heavy (non-hydrogen) atoms. The molecule has 0 aliphatic carbocycles. The Balaban J connectivity index is 1.06. The van der Waals surface area contributed by atoms with E-state index in [1.807, 2.05) is 31.6 Å². The fourth-order valence-electron chi connectivity index (χ4n) is 5.51. The van der Waals surface area contributed by atoms with Crippen molar-refractivity contribution in [2.45, 2.75) is 38.8 Å². The summed E-state index contributed by atoms with van der Waals surface area (Å²) < 4.78 is 4.21. The molecule has 0 atom stereocenters. The third kappa shape index (κ3) is 5.48. The van der Waals surface area contributed by atoms with E-state index in [-0.39, 0.29) is 5.91 Å². The van der Waals surface area contributed by atoms with Gasteiger partial charge in [0.15, 0.2) is 0 Å². The molecule has 6 rings (SSSR count). The predicted molar refractivity (Wildman–Crippen MR) is 152 cm³/mol. The van der Waals surface area contributed by atoms with Crippen molar-refractivity contribution in [2.75, 3.05) is 13.1 Å². The lowest BCUT2D eigenvalue weighted by molar-refractivity contribution is 0.0953. The molecule has 2 aromatic carbocycles. The molecule has 8 nitrogen and oxygen atoms in total. The number of fused-ring (bicyclic) bond motifs is 1. The van der Waals surface area contributed by atoms with Gasteiger partial charge in [0.05, 0.1) is 12.0 Å². The molecule has 198 valence electrons. The first-order chi connectivity index (χ1) is 19.1. The van der Waals surface area contributed by atoms with Gasteiger partial charge in [-0.25, -0.2) is 15.8 Å². The summed E-state index contributed by atoms with van der Waals surface area (Å²) in [7, 11) is 0. The van der Waals surface area contributed by atoms with Crippen LogP contribution >= 0.6 is 0 Å². The number of hydrazine groups is 1. The second-order valence-corrected chi connectivity index (χ2v) is 10.4. The topological polar surface area (TPSA) is 94.0 Å². The minimum atomic E-state index is -0.289. The first-order valence-corrected chi connectivity index (χ1v) is 13.4. The van der Waals surface area contributed by atoms with E-state index in [0.29, 0.717) is 18.0 Å². The minimum Gasteiger partial charge on any atom is -0.328 e. The fourth-order valence-corrected chi connectivity index (χ4v) is 5.51. The van der Waals surface area contributed by atoms with Crippen LogP contribution in [0.4, 0.5) is 0 Å². The predicted octanol–water partition coefficient (Wildman–Crippen LogP) is 4.56. The average molecular weight is 520 g/mol. The van der Waals surface area contributed by atoms with Gasteiger partial charge >= 0.3 is 0 Å². The highest BCUT2D eigenvalue weighted by molar-refractivity contribution is 5.93. The number of hydrogen-bond acceptors (Lipinski definition) is 5. The summed E-state index contributed by atoms with van der Waals surface area (Å²) >= 11 is 0. The SMILES string of the molecule is Cc1cn(-c2ccc(CN3CCC(c4cnc5c(ccn5Cc5ccc(C(=O)NN)cc5)c4)CC3)cc2)cn1. The van der Waals surface area contributed by atoms with Gasteiger partial charge in [-0.1, -0.05) is 24.3 Å². The van der Waals surface area contributed by atoms with Crippen LogP contribution in [0.5, 0.6) is 0 Å². The third-order valence-corrected chi connectivity index (χ3v) is 7.73. The van der Waals surface area contributed by atoms with Crippen molar-refractivity contribution >= 4 is 16.9 Å². The quantitative estimate of drug-likeness (QED) is 0.187. The van der Waals surface area contributed by atoms with Crippen LogP contribution < -0.4 is 11.3 Å². The molecule has 1 aliphatic rings. The van der Waals surface area contributed by atoms with Crippen molar-refractivity contribution in [3.63, 3.8) is 0 Å². The normalized spacial score (nSPS) is 14.6. The molecule has 0 bridgehead atoms. The monoisotopic (exact) mass is 519 g/mol. The number of carbonyl (C=O) groups is 1. The molecule has 0 spiro atoms. The Morgan fingerprint density at radius 2 is 1.69 bits per heavy atom. The van der Waals surface area contributed by atoms with Crippen molar-refractivity contribution in [1.29, 1.82) is 0 Å². The van der Waals surface area contributed by atoms with Crippen LogP contribution in [-0.2, 0) is 13.1 Å². The lowest BCUT2D eigenvalue weighted by Gasteiger charge is -2.32. The summed E-state index contributed by atoms with van der Waals surface area (Å²) in [6.07, 6.45) is 10.3. The Kier molecular flexibility index (Phi) is 6.96. The summed E-state index contributed by atoms with van der Waals surface area (Å²) in [5.74, 6) is 5.47. The number of nitrogens with zero attached hydrogens (tertiary/aromatic N) is 5. The zero-order chi connectivity index (χ0) is 26.8. The van der Waals surface area contributed by atoms with E-state index in [1.165, 1.54) is 16.5 Å². The third-order valence-electron chi connectivity index (χ3n) is 7.73. The molecule has 1 aliphatic heterocycles.